The summed E-state index contributed by atoms with van der Waals surface area (Å²) < 4.78 is 0. The molecule has 18 heavy (non-hydrogen) atoms. The molecule has 5 heteroatoms. The molecule has 0 saturated carbocycles. The summed E-state index contributed by atoms with van der Waals surface area (Å²) in [4.78, 5) is 17.8. The van der Waals surface area contributed by atoms with E-state index < -0.39 is 0 Å². The first-order valence-electron chi connectivity index (χ1n) is 6.56. The Kier molecular flexibility index (Phi) is 4.35. The lowest BCUT2D eigenvalue weighted by molar-refractivity contribution is -0.133. The van der Waals surface area contributed by atoms with Crippen LogP contribution in [0.25, 0.3) is 0 Å². The molecule has 0 aromatic carbocycles. The van der Waals surface area contributed by atoms with Gasteiger partial charge in [0.05, 0.1) is 12.0 Å². The highest BCUT2D eigenvalue weighted by atomic mass is 32.1. The van der Waals surface area contributed by atoms with E-state index in [1.165, 1.54) is 4.88 Å². The Bertz CT molecular complexity index is 410. The second-order valence-electron chi connectivity index (χ2n) is 4.93. The van der Waals surface area contributed by atoms with E-state index in [2.05, 4.69) is 22.5 Å². The summed E-state index contributed by atoms with van der Waals surface area (Å²) in [5.41, 5.74) is -0.169. The van der Waals surface area contributed by atoms with Crippen molar-refractivity contribution in [3.63, 3.8) is 0 Å². The summed E-state index contributed by atoms with van der Waals surface area (Å²) in [6.45, 7) is 6.59. The largest absolute Gasteiger partial charge is 0.349 e. The van der Waals surface area contributed by atoms with Crippen LogP contribution in [0.2, 0.25) is 0 Å². The van der Waals surface area contributed by atoms with Gasteiger partial charge < -0.3 is 10.6 Å². The van der Waals surface area contributed by atoms with Crippen LogP contribution in [0.4, 0.5) is 0 Å². The van der Waals surface area contributed by atoms with Crippen LogP contribution in [-0.2, 0) is 11.3 Å². The van der Waals surface area contributed by atoms with Crippen LogP contribution in [0.1, 0.15) is 36.1 Å². The quantitative estimate of drug-likeness (QED) is 0.875. The summed E-state index contributed by atoms with van der Waals surface area (Å²) in [6.07, 6.45) is 4.64. The first kappa shape index (κ1) is 13.5. The van der Waals surface area contributed by atoms with E-state index in [0.29, 0.717) is 6.54 Å². The number of nitrogens with zero attached hydrogens (tertiary/aromatic N) is 1. The Morgan fingerprint density at radius 1 is 1.56 bits per heavy atom. The van der Waals surface area contributed by atoms with Crippen molar-refractivity contribution >= 4 is 17.2 Å². The number of carbonyl (C=O) groups excluding carboxylic acids is 1. The zero-order valence-electron chi connectivity index (χ0n) is 11.1. The molecule has 0 atom stereocenters. The lowest BCUT2D eigenvalue weighted by Crippen LogP contribution is -2.47. The Labute approximate surface area is 112 Å². The number of hydrogen-bond donors (Lipinski definition) is 2. The molecule has 1 aromatic heterocycles. The van der Waals surface area contributed by atoms with Crippen molar-refractivity contribution in [1.29, 1.82) is 0 Å². The minimum absolute atomic E-state index is 0.169. The Morgan fingerprint density at radius 2 is 2.28 bits per heavy atom. The first-order chi connectivity index (χ1) is 8.66. The molecule has 1 saturated heterocycles. The molecule has 1 fully saturated rings. The van der Waals surface area contributed by atoms with Crippen molar-refractivity contribution in [2.45, 2.75) is 39.7 Å². The van der Waals surface area contributed by atoms with Gasteiger partial charge in [-0.3, -0.25) is 4.79 Å². The number of nitrogens with one attached hydrogen (secondary N) is 2. The van der Waals surface area contributed by atoms with Gasteiger partial charge in [0.25, 0.3) is 0 Å². The van der Waals surface area contributed by atoms with Crippen molar-refractivity contribution in [1.82, 2.24) is 15.6 Å². The fourth-order valence-electron chi connectivity index (χ4n) is 2.47. The highest BCUT2D eigenvalue weighted by Crippen LogP contribution is 2.32. The van der Waals surface area contributed by atoms with E-state index in [0.717, 1.165) is 37.4 Å². The molecule has 2 heterocycles. The summed E-state index contributed by atoms with van der Waals surface area (Å²) >= 11 is 1.64. The van der Waals surface area contributed by atoms with Crippen LogP contribution in [0.3, 0.4) is 0 Å². The molecular weight excluding hydrogens is 246 g/mol. The lowest BCUT2D eigenvalue weighted by Gasteiger charge is -2.35. The first-order valence-corrected chi connectivity index (χ1v) is 7.38. The normalized spacial score (nSPS) is 18.6. The van der Waals surface area contributed by atoms with Crippen molar-refractivity contribution in [3.05, 3.63) is 16.1 Å². The van der Waals surface area contributed by atoms with Crippen LogP contribution in [-0.4, -0.2) is 24.0 Å². The van der Waals surface area contributed by atoms with E-state index in [1.807, 2.05) is 13.1 Å². The summed E-state index contributed by atoms with van der Waals surface area (Å²) in [6, 6.07) is 0. The number of rotatable bonds is 4. The van der Waals surface area contributed by atoms with Crippen molar-refractivity contribution in [2.24, 2.45) is 5.41 Å². The average Bonchev–Trinajstić information content (AvgIpc) is 2.82. The van der Waals surface area contributed by atoms with Gasteiger partial charge in [-0.05, 0) is 39.3 Å². The maximum Gasteiger partial charge on any atom is 0.226 e. The van der Waals surface area contributed by atoms with Gasteiger partial charge in [-0.1, -0.05) is 6.92 Å². The van der Waals surface area contributed by atoms with Crippen molar-refractivity contribution < 1.29 is 4.79 Å². The third kappa shape index (κ3) is 2.90. The summed E-state index contributed by atoms with van der Waals surface area (Å²) in [7, 11) is 0. The second-order valence-corrected chi connectivity index (χ2v) is 6.25. The van der Waals surface area contributed by atoms with Crippen LogP contribution >= 0.6 is 11.3 Å². The fraction of sp³-hybridized carbons (Fsp3) is 0.692. The molecule has 1 amide bonds. The molecule has 1 aliphatic rings. The lowest BCUT2D eigenvalue weighted by atomic mass is 9.76. The number of hydrogen-bond acceptors (Lipinski definition) is 4. The average molecular weight is 267 g/mol. The summed E-state index contributed by atoms with van der Waals surface area (Å²) in [5.74, 6) is 0.194. The molecular formula is C13H21N3OS. The Balaban J connectivity index is 1.93. The number of thiazole rings is 1. The maximum absolute atomic E-state index is 12.4. The van der Waals surface area contributed by atoms with Gasteiger partial charge in [0, 0.05) is 11.1 Å². The van der Waals surface area contributed by atoms with Crippen LogP contribution in [0, 0.1) is 12.3 Å². The molecule has 1 aliphatic heterocycles. The highest BCUT2D eigenvalue weighted by Gasteiger charge is 2.37. The second kappa shape index (κ2) is 5.80. The van der Waals surface area contributed by atoms with Gasteiger partial charge >= 0.3 is 0 Å². The Morgan fingerprint density at radius 3 is 2.83 bits per heavy atom. The molecule has 1 aromatic rings. The van der Waals surface area contributed by atoms with Crippen molar-refractivity contribution in [3.8, 4) is 0 Å². The van der Waals surface area contributed by atoms with Crippen LogP contribution in [0.5, 0.6) is 0 Å². The molecule has 0 spiro atoms. The van der Waals surface area contributed by atoms with Gasteiger partial charge in [-0.2, -0.15) is 0 Å². The minimum atomic E-state index is -0.169. The molecule has 100 valence electrons. The topological polar surface area (TPSA) is 54.0 Å². The van der Waals surface area contributed by atoms with Gasteiger partial charge in [0.1, 0.15) is 5.01 Å². The van der Waals surface area contributed by atoms with E-state index in [4.69, 9.17) is 0 Å². The smallest absolute Gasteiger partial charge is 0.226 e. The monoisotopic (exact) mass is 267 g/mol. The summed E-state index contributed by atoms with van der Waals surface area (Å²) in [5, 5.41) is 7.36. The minimum Gasteiger partial charge on any atom is -0.349 e. The zero-order chi connectivity index (χ0) is 13.0. The fourth-order valence-corrected chi connectivity index (χ4v) is 3.20. The molecule has 4 nitrogen and oxygen atoms in total. The predicted molar refractivity (Wildman–Crippen MR) is 73.5 cm³/mol. The molecule has 0 aliphatic carbocycles. The van der Waals surface area contributed by atoms with Gasteiger partial charge in [-0.15, -0.1) is 11.3 Å². The van der Waals surface area contributed by atoms with Crippen molar-refractivity contribution in [2.75, 3.05) is 13.1 Å². The molecule has 0 unspecified atom stereocenters. The number of carbonyl (C=O) groups is 1. The zero-order valence-corrected chi connectivity index (χ0v) is 11.9. The number of piperidine rings is 1. The van der Waals surface area contributed by atoms with E-state index in [1.54, 1.807) is 11.3 Å². The standard InChI is InChI=1S/C13H21N3OS/c1-3-13(4-6-14-7-5-13)12(17)16-9-11-15-8-10(2)18-11/h8,14H,3-7,9H2,1-2H3,(H,16,17). The van der Waals surface area contributed by atoms with E-state index >= 15 is 0 Å². The maximum atomic E-state index is 12.4. The highest BCUT2D eigenvalue weighted by molar-refractivity contribution is 7.11. The molecule has 0 radical (unpaired) electrons. The number of aryl methyl sites for hydroxylation is 1. The van der Waals surface area contributed by atoms with Gasteiger partial charge in [-0.25, -0.2) is 4.98 Å². The van der Waals surface area contributed by atoms with E-state index in [-0.39, 0.29) is 11.3 Å². The molecule has 0 bridgehead atoms. The number of amides is 1. The number of aromatic nitrogens is 1. The van der Waals surface area contributed by atoms with E-state index in [9.17, 15) is 4.79 Å². The molecule has 2 rings (SSSR count). The SMILES string of the molecule is CCC1(C(=O)NCc2ncc(C)s2)CCNCC1. The Hall–Kier alpha value is -0.940. The predicted octanol–water partition coefficient (Wildman–Crippen LogP) is 1.85. The van der Waals surface area contributed by atoms with Gasteiger partial charge in [0.2, 0.25) is 5.91 Å². The molecule has 2 N–H and O–H groups in total. The van der Waals surface area contributed by atoms with Crippen LogP contribution < -0.4 is 10.6 Å². The third-order valence-electron chi connectivity index (χ3n) is 3.79. The van der Waals surface area contributed by atoms with Gasteiger partial charge in [0.15, 0.2) is 0 Å². The third-order valence-corrected chi connectivity index (χ3v) is 4.70. The van der Waals surface area contributed by atoms with Crippen LogP contribution in [0.15, 0.2) is 6.20 Å².